The fourth-order valence-corrected chi connectivity index (χ4v) is 3.48. The van der Waals surface area contributed by atoms with Gasteiger partial charge in [-0.2, -0.15) is 4.98 Å². The first-order valence-electron chi connectivity index (χ1n) is 9.21. The Morgan fingerprint density at radius 2 is 1.68 bits per heavy atom. The van der Waals surface area contributed by atoms with Crippen LogP contribution in [0.25, 0.3) is 0 Å². The van der Waals surface area contributed by atoms with E-state index in [0.29, 0.717) is 17.5 Å². The number of nitrogens with one attached hydrogen (secondary N) is 1. The molecule has 144 valence electrons. The largest absolute Gasteiger partial charge is 0.368 e. The van der Waals surface area contributed by atoms with Crippen molar-refractivity contribution in [3.63, 3.8) is 0 Å². The molecule has 0 aliphatic carbocycles. The molecule has 1 fully saturated rings. The molecule has 1 aliphatic rings. The summed E-state index contributed by atoms with van der Waals surface area (Å²) in [7, 11) is 0. The molecule has 0 saturated carbocycles. The Labute approximate surface area is 168 Å². The minimum absolute atomic E-state index is 0.310. The average molecular weight is 398 g/mol. The van der Waals surface area contributed by atoms with Gasteiger partial charge in [-0.1, -0.05) is 29.8 Å². The molecule has 0 radical (unpaired) electrons. The first-order valence-corrected chi connectivity index (χ1v) is 9.59. The summed E-state index contributed by atoms with van der Waals surface area (Å²) in [4.78, 5) is 13.6. The first-order chi connectivity index (χ1) is 13.6. The van der Waals surface area contributed by atoms with Gasteiger partial charge in [-0.25, -0.2) is 9.37 Å². The molecule has 2 heterocycles. The fourth-order valence-electron chi connectivity index (χ4n) is 3.30. The number of benzene rings is 2. The highest BCUT2D eigenvalue weighted by molar-refractivity contribution is 6.30. The SMILES string of the molecule is Cc1cc(Nc2ccccc2F)nc(N2CCN(c3cccc(Cl)c3)CC2)n1. The van der Waals surface area contributed by atoms with E-state index in [2.05, 4.69) is 31.2 Å². The Hall–Kier alpha value is -2.86. The first kappa shape index (κ1) is 18.5. The molecule has 28 heavy (non-hydrogen) atoms. The number of para-hydroxylation sites is 1. The van der Waals surface area contributed by atoms with Gasteiger partial charge >= 0.3 is 0 Å². The minimum atomic E-state index is -0.310. The predicted molar refractivity (Wildman–Crippen MR) is 112 cm³/mol. The maximum atomic E-state index is 13.9. The molecule has 5 nitrogen and oxygen atoms in total. The molecule has 1 aliphatic heterocycles. The summed E-state index contributed by atoms with van der Waals surface area (Å²) in [5.74, 6) is 0.935. The van der Waals surface area contributed by atoms with Crippen LogP contribution in [0.3, 0.4) is 0 Å². The molecule has 0 atom stereocenters. The van der Waals surface area contributed by atoms with Gasteiger partial charge in [0.25, 0.3) is 0 Å². The van der Waals surface area contributed by atoms with Crippen molar-refractivity contribution in [3.8, 4) is 0 Å². The van der Waals surface area contributed by atoms with Crippen molar-refractivity contribution in [2.24, 2.45) is 0 Å². The number of aromatic nitrogens is 2. The highest BCUT2D eigenvalue weighted by Gasteiger charge is 2.20. The zero-order valence-electron chi connectivity index (χ0n) is 15.6. The third kappa shape index (κ3) is 4.17. The molecule has 1 aromatic heterocycles. The van der Waals surface area contributed by atoms with Gasteiger partial charge in [0.05, 0.1) is 5.69 Å². The normalized spacial score (nSPS) is 14.2. The molecule has 0 unspecified atom stereocenters. The molecule has 1 saturated heterocycles. The predicted octanol–water partition coefficient (Wildman–Crippen LogP) is 4.65. The van der Waals surface area contributed by atoms with Gasteiger partial charge in [0.15, 0.2) is 0 Å². The van der Waals surface area contributed by atoms with E-state index in [4.69, 9.17) is 11.6 Å². The molecule has 1 N–H and O–H groups in total. The summed E-state index contributed by atoms with van der Waals surface area (Å²) < 4.78 is 13.9. The van der Waals surface area contributed by atoms with Crippen LogP contribution in [0.2, 0.25) is 5.02 Å². The lowest BCUT2D eigenvalue weighted by Gasteiger charge is -2.36. The van der Waals surface area contributed by atoms with Crippen LogP contribution in [0, 0.1) is 12.7 Å². The molecule has 4 rings (SSSR count). The van der Waals surface area contributed by atoms with Crippen molar-refractivity contribution in [1.82, 2.24) is 9.97 Å². The Bertz CT molecular complexity index is 973. The van der Waals surface area contributed by atoms with Gasteiger partial charge in [0, 0.05) is 48.6 Å². The Balaban J connectivity index is 1.48. The quantitative estimate of drug-likeness (QED) is 0.694. The molecule has 0 spiro atoms. The summed E-state index contributed by atoms with van der Waals surface area (Å²) >= 11 is 6.11. The van der Waals surface area contributed by atoms with Crippen molar-refractivity contribution >= 4 is 34.7 Å². The molecular formula is C21H21ClFN5. The second-order valence-corrected chi connectivity index (χ2v) is 7.19. The zero-order chi connectivity index (χ0) is 19.5. The van der Waals surface area contributed by atoms with E-state index in [9.17, 15) is 4.39 Å². The van der Waals surface area contributed by atoms with Crippen LogP contribution in [-0.2, 0) is 0 Å². The zero-order valence-corrected chi connectivity index (χ0v) is 16.3. The lowest BCUT2D eigenvalue weighted by molar-refractivity contribution is 0.631. The van der Waals surface area contributed by atoms with E-state index in [1.165, 1.54) is 6.07 Å². The van der Waals surface area contributed by atoms with Crippen LogP contribution in [0.15, 0.2) is 54.6 Å². The summed E-state index contributed by atoms with van der Waals surface area (Å²) in [5.41, 5.74) is 2.36. The van der Waals surface area contributed by atoms with Crippen LogP contribution in [0.4, 0.5) is 27.5 Å². The molecular weight excluding hydrogens is 377 g/mol. The van der Waals surface area contributed by atoms with Crippen LogP contribution in [0.5, 0.6) is 0 Å². The third-order valence-corrected chi connectivity index (χ3v) is 4.95. The molecule has 0 bridgehead atoms. The second-order valence-electron chi connectivity index (χ2n) is 6.75. The van der Waals surface area contributed by atoms with Crippen LogP contribution < -0.4 is 15.1 Å². The average Bonchev–Trinajstić information content (AvgIpc) is 2.69. The van der Waals surface area contributed by atoms with Crippen LogP contribution in [0.1, 0.15) is 5.69 Å². The van der Waals surface area contributed by atoms with E-state index >= 15 is 0 Å². The summed E-state index contributed by atoms with van der Waals surface area (Å²) in [6.07, 6.45) is 0. The monoisotopic (exact) mass is 397 g/mol. The summed E-state index contributed by atoms with van der Waals surface area (Å²) in [6, 6.07) is 16.3. The van der Waals surface area contributed by atoms with Crippen molar-refractivity contribution in [3.05, 3.63) is 71.1 Å². The molecule has 3 aromatic rings. The number of nitrogens with zero attached hydrogens (tertiary/aromatic N) is 4. The third-order valence-electron chi connectivity index (χ3n) is 4.71. The number of halogens is 2. The van der Waals surface area contributed by atoms with E-state index in [1.54, 1.807) is 18.2 Å². The highest BCUT2D eigenvalue weighted by atomic mass is 35.5. The van der Waals surface area contributed by atoms with Gasteiger partial charge in [-0.15, -0.1) is 0 Å². The summed E-state index contributed by atoms with van der Waals surface area (Å²) in [5, 5.41) is 3.80. The van der Waals surface area contributed by atoms with Gasteiger partial charge < -0.3 is 15.1 Å². The molecule has 2 aromatic carbocycles. The summed E-state index contributed by atoms with van der Waals surface area (Å²) in [6.45, 7) is 5.23. The minimum Gasteiger partial charge on any atom is -0.368 e. The number of hydrogen-bond acceptors (Lipinski definition) is 5. The van der Waals surface area contributed by atoms with Gasteiger partial charge in [0.2, 0.25) is 5.95 Å². The van der Waals surface area contributed by atoms with Crippen molar-refractivity contribution in [2.75, 3.05) is 41.3 Å². The van der Waals surface area contributed by atoms with E-state index < -0.39 is 0 Å². The van der Waals surface area contributed by atoms with E-state index in [1.807, 2.05) is 31.2 Å². The number of rotatable bonds is 4. The number of anilines is 4. The van der Waals surface area contributed by atoms with Crippen molar-refractivity contribution in [2.45, 2.75) is 6.92 Å². The fraction of sp³-hybridized carbons (Fsp3) is 0.238. The Morgan fingerprint density at radius 1 is 0.929 bits per heavy atom. The Morgan fingerprint density at radius 3 is 2.43 bits per heavy atom. The topological polar surface area (TPSA) is 44.3 Å². The molecule has 0 amide bonds. The van der Waals surface area contributed by atoms with Gasteiger partial charge in [-0.05, 0) is 37.3 Å². The molecule has 7 heteroatoms. The van der Waals surface area contributed by atoms with Gasteiger partial charge in [-0.3, -0.25) is 0 Å². The number of piperazine rings is 1. The standard InChI is InChI=1S/C21H21ClFN5/c1-15-13-20(25-19-8-3-2-7-18(19)23)26-21(24-15)28-11-9-27(10-12-28)17-6-4-5-16(22)14-17/h2-8,13-14H,9-12H2,1H3,(H,24,25,26). The van der Waals surface area contributed by atoms with Crippen LogP contribution in [-0.4, -0.2) is 36.1 Å². The Kier molecular flexibility index (Phi) is 5.30. The van der Waals surface area contributed by atoms with Crippen LogP contribution >= 0.6 is 11.6 Å². The van der Waals surface area contributed by atoms with E-state index in [-0.39, 0.29) is 5.82 Å². The highest BCUT2D eigenvalue weighted by Crippen LogP contribution is 2.24. The van der Waals surface area contributed by atoms with Crippen molar-refractivity contribution < 1.29 is 4.39 Å². The van der Waals surface area contributed by atoms with Gasteiger partial charge in [0.1, 0.15) is 11.6 Å². The number of hydrogen-bond donors (Lipinski definition) is 1. The van der Waals surface area contributed by atoms with Crippen molar-refractivity contribution in [1.29, 1.82) is 0 Å². The maximum absolute atomic E-state index is 13.9. The number of aryl methyl sites for hydroxylation is 1. The van der Waals surface area contributed by atoms with E-state index in [0.717, 1.165) is 42.6 Å². The lowest BCUT2D eigenvalue weighted by atomic mass is 10.2. The second kappa shape index (κ2) is 8.02. The smallest absolute Gasteiger partial charge is 0.227 e. The maximum Gasteiger partial charge on any atom is 0.227 e. The lowest BCUT2D eigenvalue weighted by Crippen LogP contribution is -2.47.